The predicted molar refractivity (Wildman–Crippen MR) is 37.1 cm³/mol. The third-order valence-electron chi connectivity index (χ3n) is 0.245. The first-order chi connectivity index (χ1) is 4.18. The molecule has 0 saturated carbocycles. The summed E-state index contributed by atoms with van der Waals surface area (Å²) in [6, 6.07) is 0. The van der Waals surface area contributed by atoms with E-state index in [-0.39, 0.29) is 0 Å². The van der Waals surface area contributed by atoms with Crippen molar-refractivity contribution in [1.82, 2.24) is 0 Å². The zero-order valence-electron chi connectivity index (χ0n) is 5.40. The molecule has 52 valence electrons. The lowest BCUT2D eigenvalue weighted by molar-refractivity contribution is 0.269. The lowest BCUT2D eigenvalue weighted by Gasteiger charge is -1.95. The molecule has 0 aromatic rings. The molecule has 0 fully saturated rings. The monoisotopic (exact) mass is 149 g/mol. The van der Waals surface area contributed by atoms with E-state index in [1.165, 1.54) is 7.85 Å². The first-order valence-electron chi connectivity index (χ1n) is 2.30. The molecule has 0 atom stereocenters. The smallest absolute Gasteiger partial charge is 0.327 e. The second kappa shape index (κ2) is 10.8. The van der Waals surface area contributed by atoms with Gasteiger partial charge in [0.05, 0.1) is 6.61 Å². The van der Waals surface area contributed by atoms with E-state index in [0.717, 1.165) is 0 Å². The molecule has 0 spiro atoms. The fourth-order valence-electron chi connectivity index (χ4n) is 0.115. The van der Waals surface area contributed by atoms with Crippen LogP contribution in [0.1, 0.15) is 6.92 Å². The predicted octanol–water partition coefficient (Wildman–Crippen LogP) is -0.665. The maximum atomic E-state index is 7.95. The van der Waals surface area contributed by atoms with Crippen molar-refractivity contribution in [3.63, 3.8) is 0 Å². The highest BCUT2D eigenvalue weighted by molar-refractivity contribution is 7.39. The van der Waals surface area contributed by atoms with Crippen molar-refractivity contribution in [3.05, 3.63) is 0 Å². The zero-order chi connectivity index (χ0) is 7.70. The van der Waals surface area contributed by atoms with Gasteiger partial charge < -0.3 is 14.3 Å². The van der Waals surface area contributed by atoms with E-state index in [1.54, 1.807) is 12.9 Å². The average molecular weight is 149 g/mol. The summed E-state index contributed by atoms with van der Waals surface area (Å²) in [6.07, 6.45) is 0. The normalized spacial score (nSPS) is 7.44. The minimum atomic E-state index is -2.10. The molecule has 0 saturated heterocycles. The second-order valence-electron chi connectivity index (χ2n) is 0.894. The van der Waals surface area contributed by atoms with Crippen LogP contribution in [0.5, 0.6) is 0 Å². The van der Waals surface area contributed by atoms with E-state index >= 15 is 0 Å². The van der Waals surface area contributed by atoms with Gasteiger partial charge in [-0.15, -0.1) is 0 Å². The van der Waals surface area contributed by atoms with Crippen molar-refractivity contribution >= 4 is 16.4 Å². The highest BCUT2D eigenvalue weighted by Gasteiger charge is 1.91. The fraction of sp³-hybridized carbons (Fsp3) is 0.667. The van der Waals surface area contributed by atoms with Crippen LogP contribution in [0, 0.1) is 11.2 Å². The van der Waals surface area contributed by atoms with Crippen LogP contribution >= 0.6 is 8.60 Å². The largest absolute Gasteiger partial charge is 0.328 e. The summed E-state index contributed by atoms with van der Waals surface area (Å²) in [7, 11) is -0.670. The Morgan fingerprint density at radius 3 is 2.11 bits per heavy atom. The Kier molecular flexibility index (Phi) is 13.9. The van der Waals surface area contributed by atoms with Gasteiger partial charge in [0.15, 0.2) is 0 Å². The lowest BCUT2D eigenvalue weighted by atomic mass is 10.2. The minimum Gasteiger partial charge on any atom is -0.328 e. The summed E-state index contributed by atoms with van der Waals surface area (Å²) >= 11 is 0. The lowest BCUT2D eigenvalue weighted by Crippen LogP contribution is -1.78. The van der Waals surface area contributed by atoms with E-state index in [0.29, 0.717) is 6.61 Å². The molecule has 0 aromatic heterocycles. The number of nitriles is 1. The Labute approximate surface area is 56.5 Å². The zero-order valence-corrected chi connectivity index (χ0v) is 6.30. The molecule has 0 amide bonds. The van der Waals surface area contributed by atoms with Gasteiger partial charge in [-0.3, -0.25) is 0 Å². The van der Waals surface area contributed by atoms with Gasteiger partial charge in [-0.2, -0.15) is 0 Å². The minimum absolute atomic E-state index is 0.360. The molecule has 0 rings (SSSR count). The van der Waals surface area contributed by atoms with E-state index in [1.807, 2.05) is 0 Å². The molecule has 0 radical (unpaired) electrons. The third kappa shape index (κ3) is 33.0. The van der Waals surface area contributed by atoms with Crippen molar-refractivity contribution in [3.8, 4) is 5.97 Å². The molecule has 6 heteroatoms. The molecule has 9 heavy (non-hydrogen) atoms. The summed E-state index contributed by atoms with van der Waals surface area (Å²) in [5.41, 5.74) is 0. The Morgan fingerprint density at radius 2 is 2.11 bits per heavy atom. The van der Waals surface area contributed by atoms with Crippen molar-refractivity contribution in [1.29, 1.82) is 5.26 Å². The fourth-order valence-corrected chi connectivity index (χ4v) is 0.346. The van der Waals surface area contributed by atoms with Crippen LogP contribution in [0.15, 0.2) is 0 Å². The molecule has 0 unspecified atom stereocenters. The standard InChI is InChI=1S/C2H7O3P.CH2BN/c1-2-5-6(3)4;2-1-3/h3-4H,2H2,1H3;2H2. The van der Waals surface area contributed by atoms with Crippen LogP contribution in [0.25, 0.3) is 0 Å². The highest BCUT2D eigenvalue weighted by Crippen LogP contribution is 2.22. The van der Waals surface area contributed by atoms with Crippen LogP contribution in [0.4, 0.5) is 0 Å². The van der Waals surface area contributed by atoms with E-state index in [2.05, 4.69) is 4.52 Å². The van der Waals surface area contributed by atoms with E-state index in [4.69, 9.17) is 15.0 Å². The molecule has 0 aliphatic rings. The van der Waals surface area contributed by atoms with Gasteiger partial charge in [0, 0.05) is 0 Å². The average Bonchev–Trinajstić information content (AvgIpc) is 1.67. The Bertz CT molecular complexity index is 83.6. The van der Waals surface area contributed by atoms with E-state index in [9.17, 15) is 0 Å². The molecule has 4 nitrogen and oxygen atoms in total. The molecular weight excluding hydrogens is 140 g/mol. The SMILES string of the molecule is BC#N.CCOP(O)O. The first kappa shape index (κ1) is 11.6. The Balaban J connectivity index is 0. The van der Waals surface area contributed by atoms with Gasteiger partial charge in [-0.25, -0.2) is 5.26 Å². The summed E-state index contributed by atoms with van der Waals surface area (Å²) < 4.78 is 4.22. The number of hydrogen-bond acceptors (Lipinski definition) is 4. The summed E-state index contributed by atoms with van der Waals surface area (Å²) in [6.45, 7) is 2.06. The Morgan fingerprint density at radius 1 is 1.78 bits per heavy atom. The van der Waals surface area contributed by atoms with Crippen molar-refractivity contribution < 1.29 is 14.3 Å². The molecular formula is C3H9BNO3P. The van der Waals surface area contributed by atoms with E-state index < -0.39 is 8.60 Å². The topological polar surface area (TPSA) is 73.5 Å². The summed E-state index contributed by atoms with van der Waals surface area (Å²) in [5, 5.41) is 7.32. The third-order valence-corrected chi connectivity index (χ3v) is 0.734. The van der Waals surface area contributed by atoms with Gasteiger partial charge >= 0.3 is 8.60 Å². The molecule has 2 N–H and O–H groups in total. The first-order valence-corrected chi connectivity index (χ1v) is 3.47. The Hall–Kier alpha value is -0.135. The van der Waals surface area contributed by atoms with Crippen molar-refractivity contribution in [2.45, 2.75) is 6.92 Å². The summed E-state index contributed by atoms with van der Waals surface area (Å²) in [4.78, 5) is 15.9. The molecule has 0 heterocycles. The van der Waals surface area contributed by atoms with Crippen LogP contribution in [-0.2, 0) is 4.52 Å². The van der Waals surface area contributed by atoms with Crippen LogP contribution in [-0.4, -0.2) is 24.2 Å². The van der Waals surface area contributed by atoms with Crippen LogP contribution in [0.2, 0.25) is 0 Å². The summed E-state index contributed by atoms with van der Waals surface area (Å²) in [5.74, 6) is 1.75. The second-order valence-corrected chi connectivity index (χ2v) is 1.66. The van der Waals surface area contributed by atoms with Crippen molar-refractivity contribution in [2.24, 2.45) is 0 Å². The quantitative estimate of drug-likeness (QED) is 0.403. The highest BCUT2D eigenvalue weighted by atomic mass is 31.2. The number of nitrogens with zero attached hydrogens (tertiary/aromatic N) is 1. The number of hydrogen-bond donors (Lipinski definition) is 2. The van der Waals surface area contributed by atoms with Crippen molar-refractivity contribution in [2.75, 3.05) is 6.61 Å². The van der Waals surface area contributed by atoms with Gasteiger partial charge in [0.2, 0.25) is 7.85 Å². The van der Waals surface area contributed by atoms with Gasteiger partial charge in [0.1, 0.15) is 0 Å². The molecule has 0 aromatic carbocycles. The maximum absolute atomic E-state index is 7.95. The molecule has 0 aliphatic carbocycles. The van der Waals surface area contributed by atoms with Crippen LogP contribution in [0.3, 0.4) is 0 Å². The maximum Gasteiger partial charge on any atom is 0.327 e. The van der Waals surface area contributed by atoms with Gasteiger partial charge in [-0.1, -0.05) is 0 Å². The number of rotatable bonds is 2. The van der Waals surface area contributed by atoms with Crippen LogP contribution < -0.4 is 0 Å². The van der Waals surface area contributed by atoms with Gasteiger partial charge in [0.25, 0.3) is 0 Å². The molecule has 0 bridgehead atoms. The van der Waals surface area contributed by atoms with Gasteiger partial charge in [-0.05, 0) is 12.9 Å². The molecule has 0 aliphatic heterocycles.